The summed E-state index contributed by atoms with van der Waals surface area (Å²) in [5.41, 5.74) is 3.53. The molecule has 2 amide bonds. The van der Waals surface area contributed by atoms with E-state index in [0.29, 0.717) is 12.3 Å². The molecule has 2 aromatic rings. The lowest BCUT2D eigenvalue weighted by molar-refractivity contribution is -0.129. The van der Waals surface area contributed by atoms with Crippen molar-refractivity contribution in [2.24, 2.45) is 5.92 Å². The maximum Gasteiger partial charge on any atom is 0.258 e. The Labute approximate surface area is 188 Å². The lowest BCUT2D eigenvalue weighted by Gasteiger charge is -2.23. The highest BCUT2D eigenvalue weighted by Crippen LogP contribution is 2.20. The molecule has 0 aromatic heterocycles. The van der Waals surface area contributed by atoms with Crippen LogP contribution in [0.3, 0.4) is 0 Å². The first-order chi connectivity index (χ1) is 15.1. The highest BCUT2D eigenvalue weighted by atomic mass is 32.2. The van der Waals surface area contributed by atoms with Gasteiger partial charge in [0.05, 0.1) is 11.4 Å². The first kappa shape index (κ1) is 25.3. The summed E-state index contributed by atoms with van der Waals surface area (Å²) in [7, 11) is -3.97. The molecule has 0 aliphatic rings. The van der Waals surface area contributed by atoms with Crippen LogP contribution in [0.25, 0.3) is 0 Å². The maximum atomic E-state index is 12.9. The fourth-order valence-corrected chi connectivity index (χ4v) is 4.49. The summed E-state index contributed by atoms with van der Waals surface area (Å²) in [6.07, 6.45) is 0. The van der Waals surface area contributed by atoms with Gasteiger partial charge >= 0.3 is 0 Å². The van der Waals surface area contributed by atoms with E-state index >= 15 is 0 Å². The third-order valence-electron chi connectivity index (χ3n) is 4.42. The van der Waals surface area contributed by atoms with E-state index in [-0.39, 0.29) is 29.9 Å². The van der Waals surface area contributed by atoms with E-state index in [9.17, 15) is 18.0 Å². The predicted molar refractivity (Wildman–Crippen MR) is 118 cm³/mol. The number of hydroxylamine groups is 1. The molecule has 3 N–H and O–H groups in total. The number of ether oxygens (including phenoxy) is 1. The maximum absolute atomic E-state index is 12.9. The van der Waals surface area contributed by atoms with Gasteiger partial charge in [-0.25, -0.2) is 13.9 Å². The van der Waals surface area contributed by atoms with Gasteiger partial charge in [0, 0.05) is 13.1 Å². The van der Waals surface area contributed by atoms with Gasteiger partial charge in [0.25, 0.3) is 11.8 Å². The largest absolute Gasteiger partial charge is 0.484 e. The molecule has 2 rings (SSSR count). The molecule has 2 aromatic carbocycles. The second-order valence-corrected chi connectivity index (χ2v) is 9.69. The normalized spacial score (nSPS) is 11.4. The zero-order valence-electron chi connectivity index (χ0n) is 18.4. The fraction of sp³-hybridized carbons (Fsp3) is 0.364. The Bertz CT molecular complexity index is 1020. The first-order valence-electron chi connectivity index (χ1n) is 10.1. The molecule has 0 radical (unpaired) electrons. The van der Waals surface area contributed by atoms with E-state index in [1.54, 1.807) is 0 Å². The quantitative estimate of drug-likeness (QED) is 0.345. The molecule has 0 spiro atoms. The number of hydrogen-bond acceptors (Lipinski definition) is 6. The van der Waals surface area contributed by atoms with Crippen LogP contribution < -0.4 is 15.5 Å². The van der Waals surface area contributed by atoms with E-state index in [4.69, 9.17) is 9.94 Å². The summed E-state index contributed by atoms with van der Waals surface area (Å²) < 4.78 is 32.2. The highest BCUT2D eigenvalue weighted by Gasteiger charge is 2.27. The minimum Gasteiger partial charge on any atom is -0.484 e. The summed E-state index contributed by atoms with van der Waals surface area (Å²) in [5, 5.41) is 11.5. The Kier molecular flexibility index (Phi) is 9.18. The van der Waals surface area contributed by atoms with Gasteiger partial charge < -0.3 is 10.1 Å². The number of benzene rings is 2. The monoisotopic (exact) mass is 463 g/mol. The fourth-order valence-electron chi connectivity index (χ4n) is 2.93. The van der Waals surface area contributed by atoms with Crippen LogP contribution in [0.4, 0.5) is 0 Å². The van der Waals surface area contributed by atoms with E-state index in [2.05, 4.69) is 5.32 Å². The Balaban J connectivity index is 1.97. The number of sulfonamides is 1. The van der Waals surface area contributed by atoms with E-state index in [0.717, 1.165) is 15.4 Å². The van der Waals surface area contributed by atoms with Crippen molar-refractivity contribution < 1.29 is 28.0 Å². The molecule has 0 heterocycles. The molecule has 0 unspecified atom stereocenters. The summed E-state index contributed by atoms with van der Waals surface area (Å²) >= 11 is 0. The number of aryl methyl sites for hydroxylation is 1. The van der Waals surface area contributed by atoms with Crippen LogP contribution in [-0.2, 0) is 26.2 Å². The molecule has 174 valence electrons. The average molecular weight is 464 g/mol. The summed E-state index contributed by atoms with van der Waals surface area (Å²) in [5.74, 6) is -0.831. The number of carbonyl (C=O) groups is 2. The number of nitrogens with one attached hydrogen (secondary N) is 2. The summed E-state index contributed by atoms with van der Waals surface area (Å²) in [4.78, 5) is 23.5. The minimum absolute atomic E-state index is 0.0276. The van der Waals surface area contributed by atoms with E-state index in [1.807, 2.05) is 45.0 Å². The van der Waals surface area contributed by atoms with Crippen molar-refractivity contribution in [1.29, 1.82) is 0 Å². The molecule has 0 aliphatic heterocycles. The van der Waals surface area contributed by atoms with Gasteiger partial charge in [0.2, 0.25) is 10.0 Å². The standard InChI is InChI=1S/C22H29N3O6S/c1-16(2)13-25(14-21(26)24-28)32(29,30)20-9-7-19(8-10-20)31-15-22(27)23-12-18-6-4-5-17(3)11-18/h4-11,16,28H,12-15H2,1-3H3,(H,23,27)(H,24,26). The summed E-state index contributed by atoms with van der Waals surface area (Å²) in [6, 6.07) is 13.4. The van der Waals surface area contributed by atoms with Gasteiger partial charge in [-0.3, -0.25) is 14.8 Å². The van der Waals surface area contributed by atoms with Gasteiger partial charge in [-0.05, 0) is 42.7 Å². The molecule has 32 heavy (non-hydrogen) atoms. The topological polar surface area (TPSA) is 125 Å². The molecule has 0 saturated heterocycles. The third kappa shape index (κ3) is 7.63. The zero-order chi connectivity index (χ0) is 23.7. The minimum atomic E-state index is -3.97. The van der Waals surface area contributed by atoms with Crippen LogP contribution in [0.15, 0.2) is 53.4 Å². The SMILES string of the molecule is Cc1cccc(CNC(=O)COc2ccc(S(=O)(=O)N(CC(=O)NO)CC(C)C)cc2)c1. The van der Waals surface area contributed by atoms with Gasteiger partial charge in [0.1, 0.15) is 5.75 Å². The van der Waals surface area contributed by atoms with Gasteiger partial charge in [-0.15, -0.1) is 0 Å². The van der Waals surface area contributed by atoms with Crippen molar-refractivity contribution in [2.75, 3.05) is 19.7 Å². The molecule has 0 atom stereocenters. The molecule has 0 aliphatic carbocycles. The van der Waals surface area contributed by atoms with Crippen molar-refractivity contribution in [2.45, 2.75) is 32.2 Å². The van der Waals surface area contributed by atoms with Crippen molar-refractivity contribution in [1.82, 2.24) is 15.1 Å². The van der Waals surface area contributed by atoms with E-state index in [1.165, 1.54) is 29.7 Å². The molecular formula is C22H29N3O6S. The molecule has 9 nitrogen and oxygen atoms in total. The number of amides is 2. The van der Waals surface area contributed by atoms with Crippen LogP contribution in [0, 0.1) is 12.8 Å². The second kappa shape index (κ2) is 11.6. The van der Waals surface area contributed by atoms with Gasteiger partial charge in [-0.1, -0.05) is 43.7 Å². The van der Waals surface area contributed by atoms with Crippen molar-refractivity contribution >= 4 is 21.8 Å². The molecule has 0 bridgehead atoms. The smallest absolute Gasteiger partial charge is 0.258 e. The zero-order valence-corrected chi connectivity index (χ0v) is 19.2. The predicted octanol–water partition coefficient (Wildman–Crippen LogP) is 1.84. The van der Waals surface area contributed by atoms with Gasteiger partial charge in [0.15, 0.2) is 6.61 Å². The Hall–Kier alpha value is -2.95. The molecule has 10 heteroatoms. The number of rotatable bonds is 11. The highest BCUT2D eigenvalue weighted by molar-refractivity contribution is 7.89. The Morgan fingerprint density at radius 2 is 1.78 bits per heavy atom. The van der Waals surface area contributed by atoms with Crippen molar-refractivity contribution in [3.05, 3.63) is 59.7 Å². The van der Waals surface area contributed by atoms with Crippen molar-refractivity contribution in [3.63, 3.8) is 0 Å². The number of carbonyl (C=O) groups excluding carboxylic acids is 2. The lowest BCUT2D eigenvalue weighted by atomic mass is 10.1. The molecule has 0 saturated carbocycles. The number of nitrogens with zero attached hydrogens (tertiary/aromatic N) is 1. The van der Waals surface area contributed by atoms with Crippen LogP contribution in [-0.4, -0.2) is 49.4 Å². The molecular weight excluding hydrogens is 434 g/mol. The van der Waals surface area contributed by atoms with Crippen molar-refractivity contribution in [3.8, 4) is 5.75 Å². The average Bonchev–Trinajstić information content (AvgIpc) is 2.75. The van der Waals surface area contributed by atoms with Crippen LogP contribution >= 0.6 is 0 Å². The van der Waals surface area contributed by atoms with Crippen LogP contribution in [0.2, 0.25) is 0 Å². The van der Waals surface area contributed by atoms with Crippen LogP contribution in [0.1, 0.15) is 25.0 Å². The first-order valence-corrected chi connectivity index (χ1v) is 11.5. The Morgan fingerprint density at radius 1 is 1.09 bits per heavy atom. The van der Waals surface area contributed by atoms with Gasteiger partial charge in [-0.2, -0.15) is 4.31 Å². The van der Waals surface area contributed by atoms with Crippen LogP contribution in [0.5, 0.6) is 5.75 Å². The third-order valence-corrected chi connectivity index (χ3v) is 6.24. The van der Waals surface area contributed by atoms with E-state index < -0.39 is 22.5 Å². The summed E-state index contributed by atoms with van der Waals surface area (Å²) in [6.45, 7) is 5.38. The molecule has 0 fully saturated rings. The Morgan fingerprint density at radius 3 is 2.38 bits per heavy atom. The second-order valence-electron chi connectivity index (χ2n) is 7.75. The number of hydrogen-bond donors (Lipinski definition) is 3. The lowest BCUT2D eigenvalue weighted by Crippen LogP contribution is -2.41.